The average molecular weight is 158 g/mol. The molecule has 11 heavy (non-hydrogen) atoms. The van der Waals surface area contributed by atoms with Gasteiger partial charge in [0.1, 0.15) is 6.23 Å². The fraction of sp³-hybridized carbons (Fsp3) is 0.857. The summed E-state index contributed by atoms with van der Waals surface area (Å²) < 4.78 is 0. The maximum Gasteiger partial charge on any atom is 0.317 e. The monoisotopic (exact) mass is 158 g/mol. The largest absolute Gasteiger partial charge is 0.371 e. The van der Waals surface area contributed by atoms with E-state index in [9.17, 15) is 9.90 Å². The first-order valence-corrected chi connectivity index (χ1v) is 3.84. The molecule has 0 radical (unpaired) electrons. The molecule has 64 valence electrons. The third-order valence-corrected chi connectivity index (χ3v) is 1.70. The molecule has 1 aliphatic rings. The standard InChI is InChI=1S/C7H14N2O2/c1-4(2)3-5-6(10)9-7(11)8-5/h4-6,10H,3H2,1-2H3,(H2,8,9,11). The van der Waals surface area contributed by atoms with Crippen LogP contribution in [0.4, 0.5) is 4.79 Å². The molecule has 4 heteroatoms. The first-order valence-electron chi connectivity index (χ1n) is 3.84. The summed E-state index contributed by atoms with van der Waals surface area (Å²) in [6.45, 7) is 4.11. The Hall–Kier alpha value is -0.770. The maximum atomic E-state index is 10.7. The second kappa shape index (κ2) is 3.09. The van der Waals surface area contributed by atoms with Gasteiger partial charge in [0.25, 0.3) is 0 Å². The van der Waals surface area contributed by atoms with E-state index in [0.717, 1.165) is 6.42 Å². The van der Waals surface area contributed by atoms with Crippen molar-refractivity contribution in [3.8, 4) is 0 Å². The van der Waals surface area contributed by atoms with Crippen molar-refractivity contribution in [3.05, 3.63) is 0 Å². The summed E-state index contributed by atoms with van der Waals surface area (Å²) in [5.41, 5.74) is 0. The van der Waals surface area contributed by atoms with Crippen LogP contribution in [0.5, 0.6) is 0 Å². The summed E-state index contributed by atoms with van der Waals surface area (Å²) in [6.07, 6.45) is 0.0878. The molecule has 0 aromatic carbocycles. The van der Waals surface area contributed by atoms with Crippen LogP contribution in [-0.4, -0.2) is 23.4 Å². The molecule has 0 bridgehead atoms. The minimum absolute atomic E-state index is 0.123. The lowest BCUT2D eigenvalue weighted by molar-refractivity contribution is 0.130. The highest BCUT2D eigenvalue weighted by molar-refractivity contribution is 5.76. The van der Waals surface area contributed by atoms with Crippen molar-refractivity contribution in [3.63, 3.8) is 0 Å². The van der Waals surface area contributed by atoms with Crippen LogP contribution in [0.25, 0.3) is 0 Å². The van der Waals surface area contributed by atoms with Gasteiger partial charge in [0.05, 0.1) is 6.04 Å². The predicted molar refractivity (Wildman–Crippen MR) is 40.9 cm³/mol. The number of hydrogen-bond donors (Lipinski definition) is 3. The molecular formula is C7H14N2O2. The lowest BCUT2D eigenvalue weighted by Gasteiger charge is -2.14. The summed E-state index contributed by atoms with van der Waals surface area (Å²) in [6, 6.07) is -0.398. The van der Waals surface area contributed by atoms with E-state index in [4.69, 9.17) is 0 Å². The molecular weight excluding hydrogens is 144 g/mol. The van der Waals surface area contributed by atoms with Crippen LogP contribution in [0.1, 0.15) is 20.3 Å². The number of hydrogen-bond acceptors (Lipinski definition) is 2. The topological polar surface area (TPSA) is 61.4 Å². The number of amides is 2. The third-order valence-electron chi connectivity index (χ3n) is 1.70. The van der Waals surface area contributed by atoms with Gasteiger partial charge in [-0.3, -0.25) is 0 Å². The van der Waals surface area contributed by atoms with Gasteiger partial charge in [-0.25, -0.2) is 4.79 Å². The number of aliphatic hydroxyl groups excluding tert-OH is 1. The molecule has 3 N–H and O–H groups in total. The number of aliphatic hydroxyl groups is 1. The minimum atomic E-state index is -0.718. The number of rotatable bonds is 2. The van der Waals surface area contributed by atoms with Gasteiger partial charge in [-0.05, 0) is 12.3 Å². The summed E-state index contributed by atoms with van der Waals surface area (Å²) in [5.74, 6) is 0.481. The van der Waals surface area contributed by atoms with Gasteiger partial charge >= 0.3 is 6.03 Å². The quantitative estimate of drug-likeness (QED) is 0.531. The molecule has 1 fully saturated rings. The van der Waals surface area contributed by atoms with E-state index >= 15 is 0 Å². The molecule has 0 aromatic heterocycles. The molecule has 2 amide bonds. The smallest absolute Gasteiger partial charge is 0.317 e. The molecule has 0 spiro atoms. The summed E-state index contributed by atoms with van der Waals surface area (Å²) >= 11 is 0. The second-order valence-electron chi connectivity index (χ2n) is 3.30. The Morgan fingerprint density at radius 2 is 2.18 bits per heavy atom. The zero-order valence-electron chi connectivity index (χ0n) is 6.79. The SMILES string of the molecule is CC(C)CC1NC(=O)NC1O. The Kier molecular flexibility index (Phi) is 2.34. The average Bonchev–Trinajstić information content (AvgIpc) is 2.09. The number of carbonyl (C=O) groups is 1. The van der Waals surface area contributed by atoms with Crippen LogP contribution < -0.4 is 10.6 Å². The minimum Gasteiger partial charge on any atom is -0.371 e. The molecule has 0 saturated carbocycles. The molecule has 2 atom stereocenters. The fourth-order valence-corrected chi connectivity index (χ4v) is 1.22. The number of nitrogens with one attached hydrogen (secondary N) is 2. The Labute approximate surface area is 66.0 Å². The second-order valence-corrected chi connectivity index (χ2v) is 3.30. The van der Waals surface area contributed by atoms with Crippen LogP contribution in [-0.2, 0) is 0 Å². The van der Waals surface area contributed by atoms with Gasteiger partial charge in [0.15, 0.2) is 0 Å². The Balaban J connectivity index is 2.40. The molecule has 1 saturated heterocycles. The van der Waals surface area contributed by atoms with Crippen molar-refractivity contribution in [2.24, 2.45) is 5.92 Å². The Morgan fingerprint density at radius 1 is 1.55 bits per heavy atom. The molecule has 1 rings (SSSR count). The van der Waals surface area contributed by atoms with E-state index < -0.39 is 6.23 Å². The van der Waals surface area contributed by atoms with Gasteiger partial charge in [0.2, 0.25) is 0 Å². The molecule has 1 heterocycles. The molecule has 2 unspecified atom stereocenters. The van der Waals surface area contributed by atoms with Crippen molar-refractivity contribution in [1.29, 1.82) is 0 Å². The van der Waals surface area contributed by atoms with Crippen molar-refractivity contribution >= 4 is 6.03 Å². The fourth-order valence-electron chi connectivity index (χ4n) is 1.22. The first-order chi connectivity index (χ1) is 5.09. The van der Waals surface area contributed by atoms with E-state index in [1.54, 1.807) is 0 Å². The van der Waals surface area contributed by atoms with E-state index in [1.807, 2.05) is 0 Å². The Bertz CT molecular complexity index is 159. The lowest BCUT2D eigenvalue weighted by Crippen LogP contribution is -2.34. The van der Waals surface area contributed by atoms with Crippen molar-refractivity contribution in [1.82, 2.24) is 10.6 Å². The van der Waals surface area contributed by atoms with Crippen molar-refractivity contribution < 1.29 is 9.90 Å². The van der Waals surface area contributed by atoms with Crippen LogP contribution in [0.2, 0.25) is 0 Å². The highest BCUT2D eigenvalue weighted by atomic mass is 16.3. The zero-order chi connectivity index (χ0) is 8.43. The molecule has 1 aliphatic heterocycles. The van der Waals surface area contributed by atoms with Crippen LogP contribution in [0, 0.1) is 5.92 Å². The lowest BCUT2D eigenvalue weighted by atomic mass is 10.0. The number of urea groups is 1. The van der Waals surface area contributed by atoms with E-state index in [2.05, 4.69) is 24.5 Å². The van der Waals surface area contributed by atoms with Crippen LogP contribution >= 0.6 is 0 Å². The Morgan fingerprint density at radius 3 is 2.55 bits per heavy atom. The van der Waals surface area contributed by atoms with Crippen LogP contribution in [0.3, 0.4) is 0 Å². The maximum absolute atomic E-state index is 10.7. The number of carbonyl (C=O) groups excluding carboxylic acids is 1. The van der Waals surface area contributed by atoms with E-state index in [0.29, 0.717) is 5.92 Å². The summed E-state index contributed by atoms with van der Waals surface area (Å²) in [5, 5.41) is 14.2. The van der Waals surface area contributed by atoms with Gasteiger partial charge in [-0.1, -0.05) is 13.8 Å². The van der Waals surface area contributed by atoms with E-state index in [1.165, 1.54) is 0 Å². The van der Waals surface area contributed by atoms with Gasteiger partial charge < -0.3 is 15.7 Å². The van der Waals surface area contributed by atoms with Crippen molar-refractivity contribution in [2.45, 2.75) is 32.5 Å². The highest BCUT2D eigenvalue weighted by Crippen LogP contribution is 2.10. The van der Waals surface area contributed by atoms with Gasteiger partial charge in [0, 0.05) is 0 Å². The van der Waals surface area contributed by atoms with Gasteiger partial charge in [-0.2, -0.15) is 0 Å². The summed E-state index contributed by atoms with van der Waals surface area (Å²) in [7, 11) is 0. The first kappa shape index (κ1) is 8.33. The van der Waals surface area contributed by atoms with E-state index in [-0.39, 0.29) is 12.1 Å². The molecule has 0 aliphatic carbocycles. The van der Waals surface area contributed by atoms with Gasteiger partial charge in [-0.15, -0.1) is 0 Å². The highest BCUT2D eigenvalue weighted by Gasteiger charge is 2.29. The van der Waals surface area contributed by atoms with Crippen LogP contribution in [0.15, 0.2) is 0 Å². The van der Waals surface area contributed by atoms with Crippen molar-refractivity contribution in [2.75, 3.05) is 0 Å². The third kappa shape index (κ3) is 2.08. The normalized spacial score (nSPS) is 30.4. The molecule has 4 nitrogen and oxygen atoms in total. The predicted octanol–water partition coefficient (Wildman–Crippen LogP) is 0.0323. The zero-order valence-corrected chi connectivity index (χ0v) is 6.79. The molecule has 0 aromatic rings. The summed E-state index contributed by atoms with van der Waals surface area (Å²) in [4.78, 5) is 10.7.